The molecule has 0 spiro atoms. The van der Waals surface area contributed by atoms with Crippen LogP contribution in [0.15, 0.2) is 30.3 Å². The van der Waals surface area contributed by atoms with Crippen molar-refractivity contribution in [3.8, 4) is 6.01 Å². The third kappa shape index (κ3) is 3.39. The van der Waals surface area contributed by atoms with Crippen LogP contribution in [-0.4, -0.2) is 27.1 Å². The van der Waals surface area contributed by atoms with E-state index in [2.05, 4.69) is 44.5 Å². The van der Waals surface area contributed by atoms with Crippen molar-refractivity contribution in [1.29, 1.82) is 0 Å². The standard InChI is InChI=1S/C15H19N5O/c1-9(2)21-15-19-13(16)18-14(20-15)17-12-8-11(12)10-6-4-3-5-7-10/h3-7,9,11-12H,8H2,1-2H3,(H3,16,17,18,19,20). The molecule has 2 aromatic rings. The van der Waals surface area contributed by atoms with Gasteiger partial charge in [-0.25, -0.2) is 0 Å². The molecule has 110 valence electrons. The average molecular weight is 285 g/mol. The van der Waals surface area contributed by atoms with Gasteiger partial charge in [0.2, 0.25) is 11.9 Å². The van der Waals surface area contributed by atoms with Crippen molar-refractivity contribution in [1.82, 2.24) is 15.0 Å². The number of hydrogen-bond donors (Lipinski definition) is 2. The molecule has 0 bridgehead atoms. The van der Waals surface area contributed by atoms with Gasteiger partial charge in [0, 0.05) is 12.0 Å². The largest absolute Gasteiger partial charge is 0.461 e. The predicted octanol–water partition coefficient (Wildman–Crippen LogP) is 2.21. The second-order valence-electron chi connectivity index (χ2n) is 5.47. The summed E-state index contributed by atoms with van der Waals surface area (Å²) in [5.41, 5.74) is 7.02. The summed E-state index contributed by atoms with van der Waals surface area (Å²) in [5, 5.41) is 3.30. The molecule has 3 N–H and O–H groups in total. The zero-order valence-corrected chi connectivity index (χ0v) is 12.2. The van der Waals surface area contributed by atoms with E-state index in [9.17, 15) is 0 Å². The zero-order valence-electron chi connectivity index (χ0n) is 12.2. The third-order valence-corrected chi connectivity index (χ3v) is 3.31. The molecule has 6 nitrogen and oxygen atoms in total. The monoisotopic (exact) mass is 285 g/mol. The van der Waals surface area contributed by atoms with Crippen LogP contribution in [0.5, 0.6) is 6.01 Å². The molecule has 2 atom stereocenters. The summed E-state index contributed by atoms with van der Waals surface area (Å²) in [4.78, 5) is 12.3. The Morgan fingerprint density at radius 3 is 2.67 bits per heavy atom. The molecule has 1 fully saturated rings. The van der Waals surface area contributed by atoms with Gasteiger partial charge in [-0.1, -0.05) is 30.3 Å². The van der Waals surface area contributed by atoms with Crippen molar-refractivity contribution in [2.45, 2.75) is 38.3 Å². The molecule has 1 saturated carbocycles. The van der Waals surface area contributed by atoms with Gasteiger partial charge < -0.3 is 15.8 Å². The second kappa shape index (κ2) is 5.55. The first kappa shape index (κ1) is 13.6. The lowest BCUT2D eigenvalue weighted by molar-refractivity contribution is 0.222. The molecule has 3 rings (SSSR count). The minimum atomic E-state index is -0.00218. The van der Waals surface area contributed by atoms with E-state index in [-0.39, 0.29) is 18.1 Å². The Morgan fingerprint density at radius 2 is 1.95 bits per heavy atom. The van der Waals surface area contributed by atoms with Crippen molar-refractivity contribution in [3.05, 3.63) is 35.9 Å². The third-order valence-electron chi connectivity index (χ3n) is 3.31. The van der Waals surface area contributed by atoms with Crippen LogP contribution in [0, 0.1) is 0 Å². The molecule has 1 aromatic heterocycles. The summed E-state index contributed by atoms with van der Waals surface area (Å²) in [6.45, 7) is 3.83. The molecule has 0 aliphatic heterocycles. The predicted molar refractivity (Wildman–Crippen MR) is 81.2 cm³/mol. The summed E-state index contributed by atoms with van der Waals surface area (Å²) >= 11 is 0. The highest BCUT2D eigenvalue weighted by Gasteiger charge is 2.38. The van der Waals surface area contributed by atoms with Crippen molar-refractivity contribution in [2.75, 3.05) is 11.1 Å². The summed E-state index contributed by atoms with van der Waals surface area (Å²) in [6, 6.07) is 11.0. The van der Waals surface area contributed by atoms with Crippen LogP contribution in [0.25, 0.3) is 0 Å². The highest BCUT2D eigenvalue weighted by Crippen LogP contribution is 2.42. The summed E-state index contributed by atoms with van der Waals surface area (Å²) in [5.74, 6) is 1.14. The molecule has 6 heteroatoms. The molecular weight excluding hydrogens is 266 g/mol. The van der Waals surface area contributed by atoms with Crippen molar-refractivity contribution >= 4 is 11.9 Å². The van der Waals surface area contributed by atoms with Gasteiger partial charge in [0.15, 0.2) is 0 Å². The Kier molecular flexibility index (Phi) is 3.60. The molecule has 1 aliphatic carbocycles. The number of nitrogens with two attached hydrogens (primary N) is 1. The van der Waals surface area contributed by atoms with Crippen LogP contribution in [0.3, 0.4) is 0 Å². The topological polar surface area (TPSA) is 86.0 Å². The maximum Gasteiger partial charge on any atom is 0.323 e. The van der Waals surface area contributed by atoms with E-state index in [1.165, 1.54) is 5.56 Å². The Labute approximate surface area is 123 Å². The average Bonchev–Trinajstić information content (AvgIpc) is 3.17. The van der Waals surface area contributed by atoms with E-state index in [1.54, 1.807) is 0 Å². The lowest BCUT2D eigenvalue weighted by Gasteiger charge is -2.10. The fourth-order valence-corrected chi connectivity index (χ4v) is 2.29. The maximum absolute atomic E-state index is 5.69. The molecule has 0 saturated heterocycles. The quantitative estimate of drug-likeness (QED) is 0.876. The number of nitrogen functional groups attached to an aromatic ring is 1. The minimum Gasteiger partial charge on any atom is -0.461 e. The molecule has 0 radical (unpaired) electrons. The van der Waals surface area contributed by atoms with E-state index in [1.807, 2.05) is 19.9 Å². The van der Waals surface area contributed by atoms with Crippen LogP contribution < -0.4 is 15.8 Å². The lowest BCUT2D eigenvalue weighted by atomic mass is 10.1. The van der Waals surface area contributed by atoms with Gasteiger partial charge in [-0.05, 0) is 25.8 Å². The molecule has 1 aliphatic rings. The van der Waals surface area contributed by atoms with Crippen LogP contribution in [0.4, 0.5) is 11.9 Å². The first-order valence-corrected chi connectivity index (χ1v) is 7.11. The van der Waals surface area contributed by atoms with E-state index >= 15 is 0 Å². The molecule has 21 heavy (non-hydrogen) atoms. The van der Waals surface area contributed by atoms with Crippen molar-refractivity contribution in [3.63, 3.8) is 0 Å². The number of nitrogens with zero attached hydrogens (tertiary/aromatic N) is 3. The number of benzene rings is 1. The Morgan fingerprint density at radius 1 is 1.19 bits per heavy atom. The summed E-state index contributed by atoms with van der Waals surface area (Å²) in [6.07, 6.45) is 1.06. The number of rotatable bonds is 5. The van der Waals surface area contributed by atoms with E-state index in [0.29, 0.717) is 17.9 Å². The van der Waals surface area contributed by atoms with Gasteiger partial charge in [-0.15, -0.1) is 0 Å². The first-order valence-electron chi connectivity index (χ1n) is 7.11. The normalized spacial score (nSPS) is 20.3. The first-order chi connectivity index (χ1) is 10.1. The molecule has 1 aromatic carbocycles. The maximum atomic E-state index is 5.69. The van der Waals surface area contributed by atoms with Crippen molar-refractivity contribution < 1.29 is 4.74 Å². The number of nitrogens with one attached hydrogen (secondary N) is 1. The van der Waals surface area contributed by atoms with Gasteiger partial charge in [-0.3, -0.25) is 0 Å². The number of hydrogen-bond acceptors (Lipinski definition) is 6. The van der Waals surface area contributed by atoms with Gasteiger partial charge in [0.05, 0.1) is 6.10 Å². The number of aromatic nitrogens is 3. The molecule has 0 amide bonds. The molecular formula is C15H19N5O. The Hall–Kier alpha value is -2.37. The van der Waals surface area contributed by atoms with Gasteiger partial charge in [0.25, 0.3) is 0 Å². The van der Waals surface area contributed by atoms with Gasteiger partial charge >= 0.3 is 6.01 Å². The zero-order chi connectivity index (χ0) is 14.8. The molecule has 2 unspecified atom stereocenters. The van der Waals surface area contributed by atoms with Crippen LogP contribution in [0.2, 0.25) is 0 Å². The molecule has 1 heterocycles. The highest BCUT2D eigenvalue weighted by atomic mass is 16.5. The van der Waals surface area contributed by atoms with Crippen LogP contribution in [-0.2, 0) is 0 Å². The van der Waals surface area contributed by atoms with E-state index < -0.39 is 0 Å². The Bertz CT molecular complexity index is 617. The van der Waals surface area contributed by atoms with Crippen LogP contribution in [0.1, 0.15) is 31.7 Å². The number of ether oxygens (including phenoxy) is 1. The minimum absolute atomic E-state index is 0.00218. The van der Waals surface area contributed by atoms with Gasteiger partial charge in [0.1, 0.15) is 0 Å². The SMILES string of the molecule is CC(C)Oc1nc(N)nc(NC2CC2c2ccccc2)n1. The summed E-state index contributed by atoms with van der Waals surface area (Å²) in [7, 11) is 0. The van der Waals surface area contributed by atoms with Crippen LogP contribution >= 0.6 is 0 Å². The van der Waals surface area contributed by atoms with E-state index in [4.69, 9.17) is 10.5 Å². The Balaban J connectivity index is 1.68. The smallest absolute Gasteiger partial charge is 0.323 e. The fraction of sp³-hybridized carbons (Fsp3) is 0.400. The fourth-order valence-electron chi connectivity index (χ4n) is 2.29. The lowest BCUT2D eigenvalue weighted by Crippen LogP contribution is -2.14. The number of anilines is 2. The summed E-state index contributed by atoms with van der Waals surface area (Å²) < 4.78 is 5.47. The van der Waals surface area contributed by atoms with E-state index in [0.717, 1.165) is 6.42 Å². The van der Waals surface area contributed by atoms with Gasteiger partial charge in [-0.2, -0.15) is 15.0 Å². The second-order valence-corrected chi connectivity index (χ2v) is 5.47. The highest BCUT2D eigenvalue weighted by molar-refractivity contribution is 5.39. The van der Waals surface area contributed by atoms with Crippen molar-refractivity contribution in [2.24, 2.45) is 0 Å².